The van der Waals surface area contributed by atoms with Crippen molar-refractivity contribution >= 4 is 45.2 Å². The third-order valence-corrected chi connectivity index (χ3v) is 7.10. The van der Waals surface area contributed by atoms with Gasteiger partial charge in [-0.25, -0.2) is 0 Å². The van der Waals surface area contributed by atoms with Gasteiger partial charge in [-0.3, -0.25) is 0 Å². The average Bonchev–Trinajstić information content (AvgIpc) is 1.27. The molecule has 40 valence electrons. The van der Waals surface area contributed by atoms with E-state index in [9.17, 15) is 9.05 Å². The Labute approximate surface area is 55.2 Å². The summed E-state index contributed by atoms with van der Waals surface area (Å²) in [5.74, 6) is 0. The van der Waals surface area contributed by atoms with Crippen LogP contribution in [0, 0.1) is 0 Å². The van der Waals surface area contributed by atoms with Crippen LogP contribution in [-0.4, -0.2) is 45.2 Å². The fraction of sp³-hybridized carbons (Fsp3) is 0. The van der Waals surface area contributed by atoms with Crippen LogP contribution in [0.4, 0.5) is 0 Å². The summed E-state index contributed by atoms with van der Waals surface area (Å²) in [4.78, 5) is 0. The Morgan fingerprint density at radius 2 is 1.71 bits per heavy atom. The second-order valence-electron chi connectivity index (χ2n) is 0.638. The van der Waals surface area contributed by atoms with Crippen molar-refractivity contribution in [3.05, 3.63) is 0 Å². The van der Waals surface area contributed by atoms with Crippen LogP contribution < -0.4 is 0 Å². The zero-order chi connectivity index (χ0) is 5.86. The van der Waals surface area contributed by atoms with Crippen molar-refractivity contribution in [2.45, 2.75) is 0 Å². The topological polar surface area (TPSA) is 60.4 Å². The standard InChI is InChI=1S/CH2.4O.2Sb/h1H2;;;;;;. The van der Waals surface area contributed by atoms with E-state index in [1.165, 1.54) is 0 Å². The van der Waals surface area contributed by atoms with E-state index in [1.807, 2.05) is 0 Å². The molecule has 6 heteroatoms. The maximum atomic E-state index is 9.83. The Bertz CT molecular complexity index is 138. The van der Waals surface area contributed by atoms with Crippen LogP contribution in [0.25, 0.3) is 0 Å². The number of hydrogen-bond acceptors (Lipinski definition) is 4. The number of rotatable bonds is 2. The van der Waals surface area contributed by atoms with E-state index >= 15 is 0 Å². The first-order chi connectivity index (χ1) is 3.13. The fourth-order valence-corrected chi connectivity index (χ4v) is 3.35. The molecule has 0 unspecified atom stereocenters. The summed E-state index contributed by atoms with van der Waals surface area (Å²) in [6.07, 6.45) is 0. The molecule has 0 aromatic rings. The molecule has 0 aromatic carbocycles. The van der Waals surface area contributed by atoms with Gasteiger partial charge in [-0.05, 0) is 0 Å². The summed E-state index contributed by atoms with van der Waals surface area (Å²) >= 11 is -7.00. The summed E-state index contributed by atoms with van der Waals surface area (Å²) < 4.78 is 35.7. The summed E-state index contributed by atoms with van der Waals surface area (Å²) in [5, 5.41) is 0. The molecule has 4 nitrogen and oxygen atoms in total. The SMILES string of the molecule is [CH2]=[Sb](=[O])[O][Sb](=[O])=[O]. The first kappa shape index (κ1) is 7.87. The molecule has 7 heavy (non-hydrogen) atoms. The van der Waals surface area contributed by atoms with Crippen LogP contribution >= 0.6 is 0 Å². The molecule has 0 aliphatic rings. The van der Waals surface area contributed by atoms with E-state index in [2.05, 4.69) is 5.75 Å². The first-order valence-electron chi connectivity index (χ1n) is 1.23. The minimum absolute atomic E-state index is 2.93. The van der Waals surface area contributed by atoms with Crippen molar-refractivity contribution in [2.75, 3.05) is 0 Å². The summed E-state index contributed by atoms with van der Waals surface area (Å²) in [6.45, 7) is 0. The van der Waals surface area contributed by atoms with Crippen molar-refractivity contribution in [1.29, 1.82) is 0 Å². The van der Waals surface area contributed by atoms with Gasteiger partial charge in [0.05, 0.1) is 0 Å². The van der Waals surface area contributed by atoms with Gasteiger partial charge < -0.3 is 0 Å². The molecule has 0 saturated heterocycles. The summed E-state index contributed by atoms with van der Waals surface area (Å²) in [6, 6.07) is 0. The van der Waals surface area contributed by atoms with Crippen LogP contribution in [0.5, 0.6) is 0 Å². The van der Waals surface area contributed by atoms with Crippen LogP contribution in [0.3, 0.4) is 0 Å². The third kappa shape index (κ3) is 6.87. The molecule has 0 aliphatic carbocycles. The van der Waals surface area contributed by atoms with Crippen molar-refractivity contribution in [3.63, 3.8) is 0 Å². The molecule has 0 radical (unpaired) electrons. The maximum absolute atomic E-state index is 9.83. The second-order valence-corrected chi connectivity index (χ2v) is 7.41. The zero-order valence-electron chi connectivity index (χ0n) is 3.23. The molecule has 0 saturated carbocycles. The third-order valence-electron chi connectivity index (χ3n) is 0.158. The Morgan fingerprint density at radius 1 is 1.29 bits per heavy atom. The molecule has 0 amide bonds. The van der Waals surface area contributed by atoms with Gasteiger partial charge in [0.1, 0.15) is 0 Å². The van der Waals surface area contributed by atoms with Crippen molar-refractivity contribution in [2.24, 2.45) is 0 Å². The fourth-order valence-electron chi connectivity index (χ4n) is 0.0744. The molecule has 0 N–H and O–H groups in total. The van der Waals surface area contributed by atoms with Crippen LogP contribution in [0.1, 0.15) is 0 Å². The summed E-state index contributed by atoms with van der Waals surface area (Å²) in [5.41, 5.74) is 0. The minimum atomic E-state index is -3.87. The average molecular weight is 322 g/mol. The molecule has 0 fully saturated rings. The van der Waals surface area contributed by atoms with Crippen LogP contribution in [0.2, 0.25) is 0 Å². The van der Waals surface area contributed by atoms with Crippen molar-refractivity contribution in [3.8, 4) is 0 Å². The summed E-state index contributed by atoms with van der Waals surface area (Å²) in [7, 11) is 0. The predicted molar refractivity (Wildman–Crippen MR) is 21.8 cm³/mol. The van der Waals surface area contributed by atoms with Gasteiger partial charge in [0.2, 0.25) is 0 Å². The van der Waals surface area contributed by atoms with Gasteiger partial charge in [0.25, 0.3) is 0 Å². The monoisotopic (exact) mass is 320 g/mol. The van der Waals surface area contributed by atoms with Gasteiger partial charge in [0, 0.05) is 0 Å². The Kier molecular flexibility index (Phi) is 4.29. The Hall–Kier alpha value is 0.866. The molecule has 0 bridgehead atoms. The quantitative estimate of drug-likeness (QED) is 0.598. The van der Waals surface area contributed by atoms with E-state index in [0.29, 0.717) is 0 Å². The molecular weight excluding hydrogens is 320 g/mol. The van der Waals surface area contributed by atoms with E-state index in [4.69, 9.17) is 0 Å². The van der Waals surface area contributed by atoms with E-state index in [0.717, 1.165) is 0 Å². The molecular formula is CH2O4Sb2. The predicted octanol–water partition coefficient (Wildman–Crippen LogP) is -1.22. The molecule has 0 aliphatic heterocycles. The van der Waals surface area contributed by atoms with Crippen LogP contribution in [-0.2, 0) is 10.3 Å². The van der Waals surface area contributed by atoms with E-state index in [1.54, 1.807) is 0 Å². The Morgan fingerprint density at radius 3 is 1.71 bits per heavy atom. The first-order valence-corrected chi connectivity index (χ1v) is 8.25. The van der Waals surface area contributed by atoms with Gasteiger partial charge in [-0.15, -0.1) is 0 Å². The van der Waals surface area contributed by atoms with Crippen molar-refractivity contribution < 1.29 is 10.3 Å². The van der Waals surface area contributed by atoms with E-state index < -0.39 is 40.8 Å². The van der Waals surface area contributed by atoms with Gasteiger partial charge in [-0.1, -0.05) is 0 Å². The second kappa shape index (κ2) is 3.82. The molecule has 0 atom stereocenters. The molecule has 0 spiro atoms. The zero-order valence-corrected chi connectivity index (χ0v) is 8.34. The van der Waals surface area contributed by atoms with Crippen molar-refractivity contribution in [1.82, 2.24) is 0 Å². The van der Waals surface area contributed by atoms with Gasteiger partial charge >= 0.3 is 55.6 Å². The van der Waals surface area contributed by atoms with Gasteiger partial charge in [0.15, 0.2) is 0 Å². The van der Waals surface area contributed by atoms with Gasteiger partial charge in [-0.2, -0.15) is 0 Å². The normalized spacial score (nSPS) is 8.00. The molecule has 0 heterocycles. The molecule has 0 aromatic heterocycles. The Balaban J connectivity index is 3.77. The number of hydrogen-bond donors (Lipinski definition) is 0. The van der Waals surface area contributed by atoms with Crippen LogP contribution in [0.15, 0.2) is 0 Å². The van der Waals surface area contributed by atoms with E-state index in [-0.39, 0.29) is 0 Å². The molecule has 0 rings (SSSR count).